The summed E-state index contributed by atoms with van der Waals surface area (Å²) in [4.78, 5) is 0. The van der Waals surface area contributed by atoms with E-state index in [1.54, 1.807) is 0 Å². The van der Waals surface area contributed by atoms with Crippen molar-refractivity contribution in [3.8, 4) is 0 Å². The maximum Gasteiger partial charge on any atom is 0.341 e. The molecule has 0 spiro atoms. The zero-order chi connectivity index (χ0) is 16.9. The Morgan fingerprint density at radius 3 is 2.41 bits per heavy atom. The lowest BCUT2D eigenvalue weighted by atomic mass is 9.85. The van der Waals surface area contributed by atoms with Gasteiger partial charge >= 0.3 is 8.56 Å². The van der Waals surface area contributed by atoms with Crippen molar-refractivity contribution in [2.45, 2.75) is 98.1 Å². The van der Waals surface area contributed by atoms with E-state index in [4.69, 9.17) is 8.85 Å². The van der Waals surface area contributed by atoms with Crippen LogP contribution in [-0.4, -0.2) is 22.3 Å². The summed E-state index contributed by atoms with van der Waals surface area (Å²) in [7, 11) is -0.190. The van der Waals surface area contributed by atoms with E-state index in [1.165, 1.54) is 44.6 Å². The maximum atomic E-state index is 6.65. The van der Waals surface area contributed by atoms with Crippen molar-refractivity contribution in [3.05, 3.63) is 0 Å². The molecular formula is C19H40O2Si. The van der Waals surface area contributed by atoms with Crippen molar-refractivity contribution in [2.75, 3.05) is 13.7 Å². The molecule has 0 saturated heterocycles. The Hall–Kier alpha value is 0.137. The second-order valence-electron chi connectivity index (χ2n) is 8.73. The van der Waals surface area contributed by atoms with Crippen molar-refractivity contribution < 1.29 is 8.85 Å². The fraction of sp³-hybridized carbons (Fsp3) is 1.00. The lowest BCUT2D eigenvalue weighted by molar-refractivity contribution is 0.141. The molecule has 0 amide bonds. The molecule has 22 heavy (non-hydrogen) atoms. The van der Waals surface area contributed by atoms with Gasteiger partial charge in [-0.15, -0.1) is 0 Å². The second-order valence-corrected chi connectivity index (χ2v) is 12.2. The zero-order valence-corrected chi connectivity index (χ0v) is 17.3. The molecule has 0 bridgehead atoms. The third kappa shape index (κ3) is 5.07. The fourth-order valence-corrected chi connectivity index (χ4v) is 8.66. The van der Waals surface area contributed by atoms with Gasteiger partial charge in [0.05, 0.1) is 0 Å². The van der Waals surface area contributed by atoms with Gasteiger partial charge in [-0.05, 0) is 36.1 Å². The highest BCUT2D eigenvalue weighted by Crippen LogP contribution is 2.56. The lowest BCUT2D eigenvalue weighted by Crippen LogP contribution is -2.50. The molecule has 0 aromatic carbocycles. The molecule has 3 atom stereocenters. The first-order chi connectivity index (χ1) is 10.2. The van der Waals surface area contributed by atoms with Crippen molar-refractivity contribution in [3.63, 3.8) is 0 Å². The van der Waals surface area contributed by atoms with E-state index in [0.717, 1.165) is 13.0 Å². The molecule has 1 aliphatic rings. The predicted octanol–water partition coefficient (Wildman–Crippen LogP) is 6.30. The third-order valence-electron chi connectivity index (χ3n) is 5.84. The number of hydrogen-bond donors (Lipinski definition) is 0. The van der Waals surface area contributed by atoms with Crippen LogP contribution in [0.5, 0.6) is 0 Å². The Morgan fingerprint density at radius 1 is 1.23 bits per heavy atom. The van der Waals surface area contributed by atoms with Crippen molar-refractivity contribution in [1.29, 1.82) is 0 Å². The summed E-state index contributed by atoms with van der Waals surface area (Å²) in [6.45, 7) is 14.9. The van der Waals surface area contributed by atoms with Gasteiger partial charge in [-0.1, -0.05) is 67.2 Å². The molecule has 0 aromatic heterocycles. The quantitative estimate of drug-likeness (QED) is 0.462. The van der Waals surface area contributed by atoms with Crippen LogP contribution in [0.2, 0.25) is 11.6 Å². The van der Waals surface area contributed by atoms with Gasteiger partial charge in [0.1, 0.15) is 0 Å². The van der Waals surface area contributed by atoms with Crippen LogP contribution in [0.15, 0.2) is 0 Å². The summed E-state index contributed by atoms with van der Waals surface area (Å²) in [6.07, 6.45) is 8.85. The molecule has 3 heteroatoms. The van der Waals surface area contributed by atoms with E-state index < -0.39 is 8.56 Å². The van der Waals surface area contributed by atoms with Crippen LogP contribution in [-0.2, 0) is 8.85 Å². The highest BCUT2D eigenvalue weighted by atomic mass is 28.4. The second kappa shape index (κ2) is 8.30. The van der Waals surface area contributed by atoms with Crippen LogP contribution in [0.1, 0.15) is 86.5 Å². The number of hydrogen-bond acceptors (Lipinski definition) is 2. The summed E-state index contributed by atoms with van der Waals surface area (Å²) in [6, 6.07) is 1.17. The highest BCUT2D eigenvalue weighted by Gasteiger charge is 2.54. The Labute approximate surface area is 140 Å². The molecular weight excluding hydrogens is 288 g/mol. The van der Waals surface area contributed by atoms with Crippen molar-refractivity contribution in [1.82, 2.24) is 0 Å². The summed E-state index contributed by atoms with van der Waals surface area (Å²) >= 11 is 0. The first-order valence-electron chi connectivity index (χ1n) is 9.42. The normalized spacial score (nSPS) is 28.8. The molecule has 0 heterocycles. The Bertz CT molecular complexity index is 326. The van der Waals surface area contributed by atoms with Crippen LogP contribution in [0.4, 0.5) is 0 Å². The van der Waals surface area contributed by atoms with E-state index in [2.05, 4.69) is 41.5 Å². The monoisotopic (exact) mass is 328 g/mol. The smallest absolute Gasteiger partial charge is 0.341 e. The molecule has 1 saturated carbocycles. The average molecular weight is 329 g/mol. The summed E-state index contributed by atoms with van der Waals surface area (Å²) in [5, 5.41) is 0. The van der Waals surface area contributed by atoms with Crippen LogP contribution in [0.25, 0.3) is 0 Å². The lowest BCUT2D eigenvalue weighted by Gasteiger charge is -2.43. The van der Waals surface area contributed by atoms with Crippen LogP contribution >= 0.6 is 0 Å². The van der Waals surface area contributed by atoms with Crippen LogP contribution in [0.3, 0.4) is 0 Å². The van der Waals surface area contributed by atoms with Crippen LogP contribution < -0.4 is 0 Å². The minimum atomic E-state index is -2.11. The van der Waals surface area contributed by atoms with Gasteiger partial charge in [0.15, 0.2) is 0 Å². The molecule has 0 radical (unpaired) electrons. The first kappa shape index (κ1) is 20.2. The first-order valence-corrected chi connectivity index (χ1v) is 11.5. The minimum absolute atomic E-state index is 0.336. The predicted molar refractivity (Wildman–Crippen MR) is 98.5 cm³/mol. The number of rotatable bonds is 9. The van der Waals surface area contributed by atoms with Gasteiger partial charge in [0, 0.05) is 19.3 Å². The van der Waals surface area contributed by atoms with E-state index in [-0.39, 0.29) is 0 Å². The average Bonchev–Trinajstić information content (AvgIpc) is 2.85. The SMILES string of the molecule is CCCC[Si](OC)(OCCC(C)(C)C)C1CCCC1(C)CC. The number of unbranched alkanes of at least 4 members (excludes halogenated alkanes) is 1. The third-order valence-corrected chi connectivity index (χ3v) is 10.3. The summed E-state index contributed by atoms with van der Waals surface area (Å²) in [5.41, 5.74) is 1.43. The topological polar surface area (TPSA) is 18.5 Å². The Kier molecular flexibility index (Phi) is 7.61. The van der Waals surface area contributed by atoms with Crippen molar-refractivity contribution in [2.24, 2.45) is 10.8 Å². The Balaban J connectivity index is 2.89. The van der Waals surface area contributed by atoms with E-state index in [1.807, 2.05) is 7.11 Å². The largest absolute Gasteiger partial charge is 0.397 e. The van der Waals surface area contributed by atoms with E-state index in [9.17, 15) is 0 Å². The van der Waals surface area contributed by atoms with E-state index in [0.29, 0.717) is 16.4 Å². The van der Waals surface area contributed by atoms with E-state index >= 15 is 0 Å². The zero-order valence-electron chi connectivity index (χ0n) is 16.3. The highest BCUT2D eigenvalue weighted by molar-refractivity contribution is 6.69. The van der Waals surface area contributed by atoms with Gasteiger partial charge in [0.2, 0.25) is 0 Å². The summed E-state index contributed by atoms with van der Waals surface area (Å²) in [5.74, 6) is 0. The molecule has 0 aromatic rings. The van der Waals surface area contributed by atoms with Crippen LogP contribution in [0, 0.1) is 10.8 Å². The molecule has 1 aliphatic carbocycles. The maximum absolute atomic E-state index is 6.65. The molecule has 0 N–H and O–H groups in total. The van der Waals surface area contributed by atoms with Crippen molar-refractivity contribution >= 4 is 8.56 Å². The van der Waals surface area contributed by atoms with Gasteiger partial charge in [0.25, 0.3) is 0 Å². The van der Waals surface area contributed by atoms with Gasteiger partial charge < -0.3 is 8.85 Å². The fourth-order valence-electron chi connectivity index (χ4n) is 4.01. The van der Waals surface area contributed by atoms with Gasteiger partial charge in [-0.2, -0.15) is 0 Å². The molecule has 0 aliphatic heterocycles. The molecule has 132 valence electrons. The Morgan fingerprint density at radius 2 is 1.91 bits per heavy atom. The summed E-state index contributed by atoms with van der Waals surface area (Å²) < 4.78 is 12.9. The standard InChI is InChI=1S/C19H40O2Si/c1-8-10-16-22(20-7,21-15-14-18(3,4)5)17-12-11-13-19(17,6)9-2/h17H,8-16H2,1-7H3. The molecule has 1 fully saturated rings. The van der Waals surface area contributed by atoms with Gasteiger partial charge in [-0.3, -0.25) is 0 Å². The molecule has 2 nitrogen and oxygen atoms in total. The van der Waals surface area contributed by atoms with Gasteiger partial charge in [-0.25, -0.2) is 0 Å². The minimum Gasteiger partial charge on any atom is -0.397 e. The molecule has 3 unspecified atom stereocenters. The molecule has 1 rings (SSSR count).